The third-order valence-electron chi connectivity index (χ3n) is 6.33. The summed E-state index contributed by atoms with van der Waals surface area (Å²) in [4.78, 5) is 38.3. The van der Waals surface area contributed by atoms with Gasteiger partial charge in [0.05, 0.1) is 58.6 Å². The van der Waals surface area contributed by atoms with Crippen molar-refractivity contribution in [3.8, 4) is 16.3 Å². The molecular formula is C25H27N7O3S. The van der Waals surface area contributed by atoms with Crippen molar-refractivity contribution in [2.24, 2.45) is 5.92 Å². The number of anilines is 2. The van der Waals surface area contributed by atoms with Crippen LogP contribution in [0.5, 0.6) is 5.88 Å². The van der Waals surface area contributed by atoms with E-state index in [1.165, 1.54) is 17.5 Å². The Morgan fingerprint density at radius 2 is 2.06 bits per heavy atom. The molecule has 5 heterocycles. The zero-order chi connectivity index (χ0) is 25.4. The highest BCUT2D eigenvalue weighted by molar-refractivity contribution is 7.21. The molecule has 4 aromatic heterocycles. The van der Waals surface area contributed by atoms with E-state index in [9.17, 15) is 9.59 Å². The number of fused-ring (bicyclic) bond motifs is 1. The lowest BCUT2D eigenvalue weighted by Crippen LogP contribution is -2.37. The minimum atomic E-state index is -0.311. The van der Waals surface area contributed by atoms with E-state index in [0.717, 1.165) is 23.4 Å². The first-order valence-corrected chi connectivity index (χ1v) is 12.4. The smallest absolute Gasteiger partial charge is 0.260 e. The summed E-state index contributed by atoms with van der Waals surface area (Å²) >= 11 is 1.42. The predicted octanol–water partition coefficient (Wildman–Crippen LogP) is 3.70. The van der Waals surface area contributed by atoms with Gasteiger partial charge in [0.25, 0.3) is 5.91 Å². The highest BCUT2D eigenvalue weighted by Crippen LogP contribution is 2.35. The number of carbonyl (C=O) groups is 2. The van der Waals surface area contributed by atoms with Crippen molar-refractivity contribution in [1.29, 1.82) is 0 Å². The lowest BCUT2D eigenvalue weighted by Gasteiger charge is -2.19. The zero-order valence-corrected chi connectivity index (χ0v) is 21.3. The average molecular weight is 506 g/mol. The summed E-state index contributed by atoms with van der Waals surface area (Å²) in [7, 11) is 3.53. The Morgan fingerprint density at radius 1 is 1.22 bits per heavy atom. The summed E-state index contributed by atoms with van der Waals surface area (Å²) in [6.45, 7) is 4.84. The fourth-order valence-electron chi connectivity index (χ4n) is 4.51. The van der Waals surface area contributed by atoms with Gasteiger partial charge in [-0.15, -0.1) is 11.3 Å². The van der Waals surface area contributed by atoms with Crippen LogP contribution in [0.25, 0.3) is 15.3 Å². The van der Waals surface area contributed by atoms with Crippen LogP contribution >= 0.6 is 11.3 Å². The largest absolute Gasteiger partial charge is 0.481 e. The zero-order valence-electron chi connectivity index (χ0n) is 20.5. The molecule has 2 unspecified atom stereocenters. The molecule has 11 heteroatoms. The Bertz CT molecular complexity index is 1450. The number of pyridine rings is 2. The summed E-state index contributed by atoms with van der Waals surface area (Å²) in [5.41, 5.74) is 2.97. The Labute approximate surface area is 212 Å². The van der Waals surface area contributed by atoms with E-state index < -0.39 is 0 Å². The molecule has 10 nitrogen and oxygen atoms in total. The van der Waals surface area contributed by atoms with E-state index in [-0.39, 0.29) is 17.9 Å². The van der Waals surface area contributed by atoms with Gasteiger partial charge in [-0.3, -0.25) is 19.5 Å². The minimum Gasteiger partial charge on any atom is -0.481 e. The molecule has 5 rings (SSSR count). The van der Waals surface area contributed by atoms with Gasteiger partial charge in [-0.05, 0) is 44.5 Å². The van der Waals surface area contributed by atoms with Crippen LogP contribution in [-0.2, 0) is 4.79 Å². The number of thiazole rings is 1. The molecule has 2 amide bonds. The first-order chi connectivity index (χ1) is 17.3. The van der Waals surface area contributed by atoms with Gasteiger partial charge < -0.3 is 15.4 Å². The van der Waals surface area contributed by atoms with Crippen LogP contribution in [0.15, 0.2) is 43.0 Å². The van der Waals surface area contributed by atoms with E-state index in [0.29, 0.717) is 39.3 Å². The molecule has 2 N–H and O–H groups in total. The average Bonchev–Trinajstić information content (AvgIpc) is 3.54. The van der Waals surface area contributed by atoms with Crippen LogP contribution in [0.4, 0.5) is 11.4 Å². The highest BCUT2D eigenvalue weighted by atomic mass is 32.1. The van der Waals surface area contributed by atoms with Gasteiger partial charge in [-0.1, -0.05) is 6.92 Å². The molecule has 0 saturated carbocycles. The number of aryl methyl sites for hydroxylation is 1. The summed E-state index contributed by atoms with van der Waals surface area (Å²) in [6.07, 6.45) is 7.47. The maximum atomic E-state index is 13.2. The van der Waals surface area contributed by atoms with Crippen molar-refractivity contribution in [3.63, 3.8) is 0 Å². The SMILES string of the molecule is COc1ncccc1-c1cn2ncc(C(=O)Nc3cc(NC(=O)C4CC(C)CN4C)cnc3C)c2s1. The molecule has 4 aromatic rings. The number of methoxy groups -OCH3 is 1. The van der Waals surface area contributed by atoms with E-state index >= 15 is 0 Å². The Kier molecular flexibility index (Phi) is 6.42. The number of aromatic nitrogens is 4. The molecule has 0 spiro atoms. The molecule has 0 aromatic carbocycles. The molecule has 1 fully saturated rings. The maximum Gasteiger partial charge on any atom is 0.260 e. The second-order valence-electron chi connectivity index (χ2n) is 9.06. The fraction of sp³-hybridized carbons (Fsp3) is 0.320. The molecule has 0 bridgehead atoms. The van der Waals surface area contributed by atoms with Crippen LogP contribution in [0.3, 0.4) is 0 Å². The van der Waals surface area contributed by atoms with Crippen molar-refractivity contribution in [2.75, 3.05) is 31.3 Å². The first kappa shape index (κ1) is 23.9. The van der Waals surface area contributed by atoms with Crippen LogP contribution < -0.4 is 15.4 Å². The number of carbonyl (C=O) groups excluding carboxylic acids is 2. The Balaban J connectivity index is 1.36. The van der Waals surface area contributed by atoms with Crippen molar-refractivity contribution < 1.29 is 14.3 Å². The molecular weight excluding hydrogens is 478 g/mol. The monoisotopic (exact) mass is 505 g/mol. The van der Waals surface area contributed by atoms with Crippen molar-refractivity contribution >= 4 is 39.4 Å². The van der Waals surface area contributed by atoms with Crippen LogP contribution in [-0.4, -0.2) is 63.0 Å². The van der Waals surface area contributed by atoms with Gasteiger partial charge in [0.2, 0.25) is 11.8 Å². The summed E-state index contributed by atoms with van der Waals surface area (Å²) in [6, 6.07) is 5.31. The van der Waals surface area contributed by atoms with Crippen LogP contribution in [0.1, 0.15) is 29.4 Å². The topological polar surface area (TPSA) is 114 Å². The number of rotatable bonds is 6. The van der Waals surface area contributed by atoms with E-state index in [1.54, 1.807) is 37.0 Å². The number of ether oxygens (including phenoxy) is 1. The normalized spacial score (nSPS) is 17.9. The minimum absolute atomic E-state index is 0.0694. The maximum absolute atomic E-state index is 13.2. The summed E-state index contributed by atoms with van der Waals surface area (Å²) < 4.78 is 7.04. The van der Waals surface area contributed by atoms with Crippen molar-refractivity contribution in [3.05, 3.63) is 54.2 Å². The van der Waals surface area contributed by atoms with Gasteiger partial charge in [0, 0.05) is 18.9 Å². The quantitative estimate of drug-likeness (QED) is 0.411. The third kappa shape index (κ3) is 4.54. The van der Waals surface area contributed by atoms with Gasteiger partial charge >= 0.3 is 0 Å². The van der Waals surface area contributed by atoms with Gasteiger partial charge in [-0.2, -0.15) is 5.10 Å². The van der Waals surface area contributed by atoms with Crippen molar-refractivity contribution in [1.82, 2.24) is 24.5 Å². The standard InChI is InChI=1S/C25H27N7O3S/c1-14-8-20(31(3)12-14)23(34)29-16-9-19(15(2)27-10-16)30-22(33)18-11-28-32-13-21(36-25(18)32)17-6-5-7-26-24(17)35-4/h5-7,9-11,13-14,20H,8,12H2,1-4H3,(H,29,34)(H,30,33). The summed E-state index contributed by atoms with van der Waals surface area (Å²) in [5, 5.41) is 10.2. The highest BCUT2D eigenvalue weighted by Gasteiger charge is 2.32. The molecule has 1 saturated heterocycles. The van der Waals surface area contributed by atoms with Crippen LogP contribution in [0, 0.1) is 12.8 Å². The number of likely N-dealkylation sites (tertiary alicyclic amines) is 1. The number of amides is 2. The van der Waals surface area contributed by atoms with Crippen LogP contribution in [0.2, 0.25) is 0 Å². The molecule has 1 aliphatic heterocycles. The fourth-order valence-corrected chi connectivity index (χ4v) is 5.59. The lowest BCUT2D eigenvalue weighted by atomic mass is 10.1. The Hall–Kier alpha value is -3.83. The first-order valence-electron chi connectivity index (χ1n) is 11.6. The summed E-state index contributed by atoms with van der Waals surface area (Å²) in [5.74, 6) is 0.600. The lowest BCUT2D eigenvalue weighted by molar-refractivity contribution is -0.119. The van der Waals surface area contributed by atoms with E-state index in [1.807, 2.05) is 25.4 Å². The number of hydrogen-bond donors (Lipinski definition) is 2. The second kappa shape index (κ2) is 9.67. The second-order valence-corrected chi connectivity index (χ2v) is 10.1. The molecule has 0 radical (unpaired) electrons. The van der Waals surface area contributed by atoms with Crippen molar-refractivity contribution in [2.45, 2.75) is 26.3 Å². The molecule has 186 valence electrons. The molecule has 1 aliphatic rings. The molecule has 0 aliphatic carbocycles. The molecule has 2 atom stereocenters. The number of nitrogens with one attached hydrogen (secondary N) is 2. The van der Waals surface area contributed by atoms with E-state index in [4.69, 9.17) is 4.74 Å². The molecule has 36 heavy (non-hydrogen) atoms. The third-order valence-corrected chi connectivity index (χ3v) is 7.48. The van der Waals surface area contributed by atoms with Gasteiger partial charge in [0.15, 0.2) is 0 Å². The van der Waals surface area contributed by atoms with Gasteiger partial charge in [0.1, 0.15) is 4.83 Å². The predicted molar refractivity (Wildman–Crippen MR) is 139 cm³/mol. The van der Waals surface area contributed by atoms with Gasteiger partial charge in [-0.25, -0.2) is 9.50 Å². The number of hydrogen-bond acceptors (Lipinski definition) is 8. The number of nitrogens with zero attached hydrogens (tertiary/aromatic N) is 5. The Morgan fingerprint density at radius 3 is 2.81 bits per heavy atom. The van der Waals surface area contributed by atoms with E-state index in [2.05, 4.69) is 37.5 Å². The number of likely N-dealkylation sites (N-methyl/N-ethyl adjacent to an activating group) is 1.